The number of amides is 1. The van der Waals surface area contributed by atoms with Crippen molar-refractivity contribution in [3.8, 4) is 0 Å². The minimum absolute atomic E-state index is 0.0176. The standard InChI is InChI=1S/C19H23N3O3/c1-14(19(24)25-2)22(13-15-6-4-3-5-7-15)18(23)16-8-10-21-11-9-20-17(21)12-16/h3-7,9,11,14,16H,8,10,12-13H2,1-2H3/t14-,16+/m0/s1. The van der Waals surface area contributed by atoms with Crippen molar-refractivity contribution in [1.82, 2.24) is 14.5 Å². The molecule has 0 saturated heterocycles. The van der Waals surface area contributed by atoms with E-state index in [1.165, 1.54) is 7.11 Å². The van der Waals surface area contributed by atoms with Gasteiger partial charge in [0.15, 0.2) is 0 Å². The summed E-state index contributed by atoms with van der Waals surface area (Å²) < 4.78 is 6.94. The smallest absolute Gasteiger partial charge is 0.328 e. The summed E-state index contributed by atoms with van der Waals surface area (Å²) in [5.74, 6) is 0.346. The molecule has 6 heteroatoms. The van der Waals surface area contributed by atoms with Crippen molar-refractivity contribution >= 4 is 11.9 Å². The maximum absolute atomic E-state index is 13.2. The molecule has 2 heterocycles. The van der Waals surface area contributed by atoms with Crippen LogP contribution in [0.4, 0.5) is 0 Å². The van der Waals surface area contributed by atoms with Crippen LogP contribution in [-0.4, -0.2) is 39.5 Å². The van der Waals surface area contributed by atoms with Crippen molar-refractivity contribution in [2.24, 2.45) is 5.92 Å². The second-order valence-electron chi connectivity index (χ2n) is 6.38. The molecule has 0 N–H and O–H groups in total. The lowest BCUT2D eigenvalue weighted by atomic mass is 9.95. The monoisotopic (exact) mass is 341 g/mol. The molecule has 0 saturated carbocycles. The number of carbonyl (C=O) groups is 2. The van der Waals surface area contributed by atoms with Gasteiger partial charge in [0.05, 0.1) is 7.11 Å². The van der Waals surface area contributed by atoms with E-state index in [0.717, 1.165) is 24.4 Å². The molecule has 0 fully saturated rings. The zero-order valence-corrected chi connectivity index (χ0v) is 14.6. The Kier molecular flexibility index (Phi) is 5.16. The lowest BCUT2D eigenvalue weighted by Gasteiger charge is -2.32. The van der Waals surface area contributed by atoms with Crippen molar-refractivity contribution in [2.45, 2.75) is 38.9 Å². The van der Waals surface area contributed by atoms with Gasteiger partial charge in [-0.2, -0.15) is 0 Å². The maximum atomic E-state index is 13.2. The van der Waals surface area contributed by atoms with E-state index >= 15 is 0 Å². The average molecular weight is 341 g/mol. The molecule has 0 radical (unpaired) electrons. The number of esters is 1. The first-order chi connectivity index (χ1) is 12.1. The summed E-state index contributed by atoms with van der Waals surface area (Å²) >= 11 is 0. The number of fused-ring (bicyclic) bond motifs is 1. The lowest BCUT2D eigenvalue weighted by molar-refractivity contribution is -0.154. The molecular formula is C19H23N3O3. The highest BCUT2D eigenvalue weighted by atomic mass is 16.5. The fraction of sp³-hybridized carbons (Fsp3) is 0.421. The van der Waals surface area contributed by atoms with Crippen LogP contribution in [0.25, 0.3) is 0 Å². The molecule has 0 aliphatic carbocycles. The van der Waals surface area contributed by atoms with Gasteiger partial charge in [-0.25, -0.2) is 9.78 Å². The number of carbonyl (C=O) groups excluding carboxylic acids is 2. The number of imidazole rings is 1. The van der Waals surface area contributed by atoms with Crippen LogP contribution < -0.4 is 0 Å². The molecule has 132 valence electrons. The van der Waals surface area contributed by atoms with Gasteiger partial charge >= 0.3 is 5.97 Å². The second kappa shape index (κ2) is 7.51. The summed E-state index contributed by atoms with van der Waals surface area (Å²) in [7, 11) is 1.35. The predicted molar refractivity (Wildman–Crippen MR) is 92.5 cm³/mol. The largest absolute Gasteiger partial charge is 0.467 e. The van der Waals surface area contributed by atoms with E-state index in [0.29, 0.717) is 13.0 Å². The number of ether oxygens (including phenoxy) is 1. The summed E-state index contributed by atoms with van der Waals surface area (Å²) in [6.45, 7) is 2.88. The minimum Gasteiger partial charge on any atom is -0.467 e. The van der Waals surface area contributed by atoms with Gasteiger partial charge in [0.1, 0.15) is 11.9 Å². The lowest BCUT2D eigenvalue weighted by Crippen LogP contribution is -2.47. The van der Waals surface area contributed by atoms with E-state index in [-0.39, 0.29) is 11.8 Å². The molecule has 1 aromatic carbocycles. The molecule has 2 atom stereocenters. The number of hydrogen-bond donors (Lipinski definition) is 0. The van der Waals surface area contributed by atoms with E-state index < -0.39 is 12.0 Å². The van der Waals surface area contributed by atoms with E-state index in [1.54, 1.807) is 18.0 Å². The van der Waals surface area contributed by atoms with E-state index in [1.807, 2.05) is 36.5 Å². The van der Waals surface area contributed by atoms with Crippen molar-refractivity contribution in [1.29, 1.82) is 0 Å². The van der Waals surface area contributed by atoms with Crippen LogP contribution in [0.3, 0.4) is 0 Å². The second-order valence-corrected chi connectivity index (χ2v) is 6.38. The first-order valence-corrected chi connectivity index (χ1v) is 8.52. The van der Waals surface area contributed by atoms with Crippen LogP contribution in [0.2, 0.25) is 0 Å². The molecule has 0 unspecified atom stereocenters. The Morgan fingerprint density at radius 1 is 1.36 bits per heavy atom. The summed E-state index contributed by atoms with van der Waals surface area (Å²) in [6, 6.07) is 9.08. The highest BCUT2D eigenvalue weighted by molar-refractivity contribution is 5.85. The average Bonchev–Trinajstić information content (AvgIpc) is 3.13. The van der Waals surface area contributed by atoms with E-state index in [2.05, 4.69) is 9.55 Å². The SMILES string of the molecule is COC(=O)[C@H](C)N(Cc1ccccc1)C(=O)[C@@H]1CCn2ccnc2C1. The van der Waals surface area contributed by atoms with Crippen LogP contribution in [0, 0.1) is 5.92 Å². The number of benzene rings is 1. The van der Waals surface area contributed by atoms with Crippen LogP contribution in [0.15, 0.2) is 42.7 Å². The summed E-state index contributed by atoms with van der Waals surface area (Å²) in [6.07, 6.45) is 5.06. The van der Waals surface area contributed by atoms with E-state index in [4.69, 9.17) is 4.74 Å². The van der Waals surface area contributed by atoms with Crippen molar-refractivity contribution in [2.75, 3.05) is 7.11 Å². The van der Waals surface area contributed by atoms with Crippen molar-refractivity contribution < 1.29 is 14.3 Å². The molecule has 0 spiro atoms. The number of aryl methyl sites for hydroxylation is 1. The quantitative estimate of drug-likeness (QED) is 0.781. The summed E-state index contributed by atoms with van der Waals surface area (Å²) in [5.41, 5.74) is 0.990. The molecule has 2 aromatic rings. The van der Waals surface area contributed by atoms with Crippen molar-refractivity contribution in [3.63, 3.8) is 0 Å². The molecule has 1 aliphatic rings. The Hall–Kier alpha value is -2.63. The van der Waals surface area contributed by atoms with Gasteiger partial charge < -0.3 is 14.2 Å². The van der Waals surface area contributed by atoms with Gasteiger partial charge in [0, 0.05) is 37.8 Å². The number of rotatable bonds is 5. The molecule has 1 aromatic heterocycles. The normalized spacial score (nSPS) is 17.4. The molecule has 0 bridgehead atoms. The first-order valence-electron chi connectivity index (χ1n) is 8.52. The zero-order chi connectivity index (χ0) is 17.8. The Morgan fingerprint density at radius 2 is 2.12 bits per heavy atom. The fourth-order valence-corrected chi connectivity index (χ4v) is 3.28. The van der Waals surface area contributed by atoms with Crippen LogP contribution in [0.5, 0.6) is 0 Å². The Balaban J connectivity index is 1.80. The molecule has 25 heavy (non-hydrogen) atoms. The van der Waals surface area contributed by atoms with Crippen molar-refractivity contribution in [3.05, 3.63) is 54.1 Å². The number of hydrogen-bond acceptors (Lipinski definition) is 4. The van der Waals surface area contributed by atoms with Gasteiger partial charge in [-0.1, -0.05) is 30.3 Å². The predicted octanol–water partition coefficient (Wildman–Crippen LogP) is 2.04. The third kappa shape index (κ3) is 3.73. The molecular weight excluding hydrogens is 318 g/mol. The number of methoxy groups -OCH3 is 1. The van der Waals surface area contributed by atoms with Gasteiger partial charge in [0.2, 0.25) is 5.91 Å². The Bertz CT molecular complexity index is 741. The zero-order valence-electron chi connectivity index (χ0n) is 14.6. The highest BCUT2D eigenvalue weighted by Crippen LogP contribution is 2.23. The van der Waals surface area contributed by atoms with Gasteiger partial charge in [-0.05, 0) is 18.9 Å². The van der Waals surface area contributed by atoms with Gasteiger partial charge in [0.25, 0.3) is 0 Å². The molecule has 1 aliphatic heterocycles. The minimum atomic E-state index is -0.626. The number of aromatic nitrogens is 2. The van der Waals surface area contributed by atoms with Crippen LogP contribution in [-0.2, 0) is 33.8 Å². The fourth-order valence-electron chi connectivity index (χ4n) is 3.28. The maximum Gasteiger partial charge on any atom is 0.328 e. The third-order valence-corrected chi connectivity index (χ3v) is 4.79. The molecule has 3 rings (SSSR count). The highest BCUT2D eigenvalue weighted by Gasteiger charge is 2.34. The first kappa shape index (κ1) is 17.2. The number of nitrogens with zero attached hydrogens (tertiary/aromatic N) is 3. The van der Waals surface area contributed by atoms with Crippen LogP contribution >= 0.6 is 0 Å². The topological polar surface area (TPSA) is 64.4 Å². The van der Waals surface area contributed by atoms with Gasteiger partial charge in [-0.3, -0.25) is 4.79 Å². The summed E-state index contributed by atoms with van der Waals surface area (Å²) in [4.78, 5) is 31.2. The van der Waals surface area contributed by atoms with E-state index in [9.17, 15) is 9.59 Å². The Labute approximate surface area is 147 Å². The molecule has 1 amide bonds. The Morgan fingerprint density at radius 3 is 2.84 bits per heavy atom. The van der Waals surface area contributed by atoms with Crippen LogP contribution in [0.1, 0.15) is 24.7 Å². The molecule has 6 nitrogen and oxygen atoms in total. The third-order valence-electron chi connectivity index (χ3n) is 4.79. The van der Waals surface area contributed by atoms with Gasteiger partial charge in [-0.15, -0.1) is 0 Å². The summed E-state index contributed by atoms with van der Waals surface area (Å²) in [5, 5.41) is 0.